The summed E-state index contributed by atoms with van der Waals surface area (Å²) in [5.74, 6) is -0.635. The van der Waals surface area contributed by atoms with Crippen LogP contribution in [0.4, 0.5) is 14.4 Å². The number of ether oxygens (including phenoxy) is 2. The largest absolute Gasteiger partial charge is 0.444 e. The summed E-state index contributed by atoms with van der Waals surface area (Å²) in [5, 5.41) is 3.06. The lowest BCUT2D eigenvalue weighted by Gasteiger charge is -2.34. The molecule has 41 heavy (non-hydrogen) atoms. The van der Waals surface area contributed by atoms with Crippen LogP contribution in [0.15, 0.2) is 4.99 Å². The average Bonchev–Trinajstić information content (AvgIpc) is 3.03. The number of aliphatic imine (C=N–C) groups is 1. The van der Waals surface area contributed by atoms with Gasteiger partial charge in [0, 0.05) is 19.6 Å². The predicted octanol–water partition coefficient (Wildman–Crippen LogP) is 1.32. The van der Waals surface area contributed by atoms with E-state index >= 15 is 0 Å². The lowest BCUT2D eigenvalue weighted by Crippen LogP contribution is -2.52. The number of nitrogens with one attached hydrogen (secondary N) is 2. The molecule has 0 aromatic carbocycles. The van der Waals surface area contributed by atoms with Crippen LogP contribution in [0, 0.1) is 0 Å². The van der Waals surface area contributed by atoms with E-state index in [2.05, 4.69) is 20.1 Å². The quantitative estimate of drug-likeness (QED) is 0.175. The van der Waals surface area contributed by atoms with Gasteiger partial charge in [0.15, 0.2) is 0 Å². The van der Waals surface area contributed by atoms with Crippen LogP contribution in [0.2, 0.25) is 0 Å². The van der Waals surface area contributed by atoms with E-state index in [4.69, 9.17) is 18.9 Å². The second-order valence-corrected chi connectivity index (χ2v) is 12.8. The Hall–Kier alpha value is -3.22. The van der Waals surface area contributed by atoms with Crippen molar-refractivity contribution in [3.63, 3.8) is 0 Å². The fourth-order valence-corrected chi connectivity index (χ4v) is 4.83. The van der Waals surface area contributed by atoms with Gasteiger partial charge in [0.1, 0.15) is 17.2 Å². The molecule has 3 rings (SSSR count). The van der Waals surface area contributed by atoms with Crippen molar-refractivity contribution >= 4 is 40.5 Å². The molecule has 1 unspecified atom stereocenters. The summed E-state index contributed by atoms with van der Waals surface area (Å²) >= 11 is 0. The first kappa shape index (κ1) is 32.3. The standard InChI is InChI=1S/C23H38N6O11S/c1-22(2,3)37-19(31)24-18(25-20(32)38-23(4,5)6)27-11-9-15(10-12-27)39-26-17(30)16-8-7-14-13-28(16)21(33)29(14)40-41(34,35)36/h14-16H,7-13H2,1-6H3,(H,26,30)(H,34,35,36)(H,24,25,31,32)/t14?,16-/m0/s1. The first-order valence-electron chi connectivity index (χ1n) is 13.1. The minimum Gasteiger partial charge on any atom is -0.444 e. The molecule has 5 amide bonds. The Morgan fingerprint density at radius 2 is 1.59 bits per heavy atom. The summed E-state index contributed by atoms with van der Waals surface area (Å²) in [5.41, 5.74) is 0.805. The average molecular weight is 607 g/mol. The third-order valence-electron chi connectivity index (χ3n) is 6.07. The van der Waals surface area contributed by atoms with E-state index in [0.717, 1.165) is 4.90 Å². The number of hydrogen-bond donors (Lipinski definition) is 3. The second kappa shape index (κ2) is 12.3. The molecule has 0 spiro atoms. The summed E-state index contributed by atoms with van der Waals surface area (Å²) < 4.78 is 45.9. The number of alkyl carbamates (subject to hydrolysis) is 1. The van der Waals surface area contributed by atoms with Crippen molar-refractivity contribution in [3.05, 3.63) is 0 Å². The summed E-state index contributed by atoms with van der Waals surface area (Å²) in [6.07, 6.45) is -0.832. The first-order valence-corrected chi connectivity index (χ1v) is 14.5. The number of hydroxylamine groups is 3. The second-order valence-electron chi connectivity index (χ2n) is 11.8. The normalized spacial score (nSPS) is 22.5. The summed E-state index contributed by atoms with van der Waals surface area (Å²) in [6.45, 7) is 10.8. The fourth-order valence-electron chi connectivity index (χ4n) is 4.44. The van der Waals surface area contributed by atoms with E-state index in [-0.39, 0.29) is 25.3 Å². The molecule has 2 atom stereocenters. The molecule has 3 aliphatic rings. The number of urea groups is 1. The Labute approximate surface area is 238 Å². The monoisotopic (exact) mass is 606 g/mol. The van der Waals surface area contributed by atoms with Crippen LogP contribution < -0.4 is 10.8 Å². The number of amides is 5. The van der Waals surface area contributed by atoms with Gasteiger partial charge in [-0.3, -0.25) is 19.5 Å². The molecular formula is C23H38N6O11S. The zero-order valence-electron chi connectivity index (χ0n) is 23.9. The molecule has 0 aliphatic carbocycles. The third kappa shape index (κ3) is 9.68. The molecule has 2 bridgehead atoms. The van der Waals surface area contributed by atoms with Gasteiger partial charge >= 0.3 is 28.6 Å². The number of piperidine rings is 2. The number of rotatable bonds is 5. The van der Waals surface area contributed by atoms with Crippen molar-refractivity contribution in [2.75, 3.05) is 19.6 Å². The number of nitrogens with zero attached hydrogens (tertiary/aromatic N) is 4. The van der Waals surface area contributed by atoms with Crippen LogP contribution in [-0.4, -0.2) is 107 Å². The number of guanidine groups is 1. The van der Waals surface area contributed by atoms with E-state index in [1.54, 1.807) is 46.4 Å². The summed E-state index contributed by atoms with van der Waals surface area (Å²) in [6, 6.07) is -2.39. The molecule has 0 aromatic rings. The number of likely N-dealkylation sites (tertiary alicyclic amines) is 1. The smallest absolute Gasteiger partial charge is 0.437 e. The molecule has 17 nitrogen and oxygen atoms in total. The van der Waals surface area contributed by atoms with Gasteiger partial charge in [-0.05, 0) is 67.2 Å². The minimum absolute atomic E-state index is 0.0445. The van der Waals surface area contributed by atoms with Crippen molar-refractivity contribution < 1.29 is 50.7 Å². The predicted molar refractivity (Wildman–Crippen MR) is 140 cm³/mol. The Balaban J connectivity index is 1.55. The maximum absolute atomic E-state index is 12.8. The molecule has 3 aliphatic heterocycles. The Kier molecular flexibility index (Phi) is 9.72. The van der Waals surface area contributed by atoms with E-state index < -0.39 is 63.9 Å². The number of carbonyl (C=O) groups excluding carboxylic acids is 4. The van der Waals surface area contributed by atoms with Gasteiger partial charge in [-0.25, -0.2) is 19.9 Å². The van der Waals surface area contributed by atoms with Crippen LogP contribution in [-0.2, 0) is 33.8 Å². The lowest BCUT2D eigenvalue weighted by atomic mass is 10.0. The van der Waals surface area contributed by atoms with Gasteiger partial charge in [-0.2, -0.15) is 13.5 Å². The topological polar surface area (TPSA) is 206 Å². The highest BCUT2D eigenvalue weighted by Gasteiger charge is 2.49. The maximum Gasteiger partial charge on any atom is 0.437 e. The van der Waals surface area contributed by atoms with Crippen LogP contribution in [0.25, 0.3) is 0 Å². The Morgan fingerprint density at radius 3 is 2.15 bits per heavy atom. The summed E-state index contributed by atoms with van der Waals surface area (Å²) in [7, 11) is -4.90. The fraction of sp³-hybridized carbons (Fsp3) is 0.783. The molecule has 3 saturated heterocycles. The maximum atomic E-state index is 12.8. The van der Waals surface area contributed by atoms with E-state index in [1.165, 1.54) is 0 Å². The Morgan fingerprint density at radius 1 is 0.976 bits per heavy atom. The van der Waals surface area contributed by atoms with E-state index in [1.807, 2.05) is 0 Å². The van der Waals surface area contributed by atoms with Crippen molar-refractivity contribution in [1.82, 2.24) is 25.7 Å². The highest BCUT2D eigenvalue weighted by atomic mass is 32.3. The van der Waals surface area contributed by atoms with Gasteiger partial charge in [0.2, 0.25) is 5.96 Å². The Bertz CT molecular complexity index is 1160. The van der Waals surface area contributed by atoms with Gasteiger partial charge < -0.3 is 19.3 Å². The van der Waals surface area contributed by atoms with Crippen molar-refractivity contribution in [2.45, 2.75) is 96.6 Å². The van der Waals surface area contributed by atoms with Crippen LogP contribution in [0.3, 0.4) is 0 Å². The molecule has 0 aromatic heterocycles. The van der Waals surface area contributed by atoms with Gasteiger partial charge in [0.25, 0.3) is 5.91 Å². The minimum atomic E-state index is -4.90. The van der Waals surface area contributed by atoms with Crippen molar-refractivity contribution in [1.29, 1.82) is 0 Å². The zero-order valence-corrected chi connectivity index (χ0v) is 24.7. The summed E-state index contributed by atoms with van der Waals surface area (Å²) in [4.78, 5) is 62.4. The molecule has 0 saturated carbocycles. The van der Waals surface area contributed by atoms with Gasteiger partial charge in [-0.15, -0.1) is 9.28 Å². The zero-order chi connectivity index (χ0) is 30.8. The van der Waals surface area contributed by atoms with Gasteiger partial charge in [0.05, 0.1) is 12.1 Å². The van der Waals surface area contributed by atoms with Crippen LogP contribution in [0.1, 0.15) is 67.2 Å². The van der Waals surface area contributed by atoms with Crippen LogP contribution in [0.5, 0.6) is 0 Å². The van der Waals surface area contributed by atoms with E-state index in [9.17, 15) is 27.6 Å². The van der Waals surface area contributed by atoms with Gasteiger partial charge in [-0.1, -0.05) is 0 Å². The number of fused-ring (bicyclic) bond motifs is 2. The molecule has 3 heterocycles. The first-order chi connectivity index (χ1) is 18.8. The molecule has 0 radical (unpaired) electrons. The lowest BCUT2D eigenvalue weighted by molar-refractivity contribution is -0.145. The highest BCUT2D eigenvalue weighted by molar-refractivity contribution is 7.80. The van der Waals surface area contributed by atoms with Crippen molar-refractivity contribution in [2.24, 2.45) is 4.99 Å². The van der Waals surface area contributed by atoms with E-state index in [0.29, 0.717) is 31.0 Å². The molecule has 3 fully saturated rings. The number of hydrogen-bond acceptors (Lipinski definition) is 10. The highest BCUT2D eigenvalue weighted by Crippen LogP contribution is 2.30. The molecule has 3 N–H and O–H groups in total. The molecule has 18 heteroatoms. The third-order valence-corrected chi connectivity index (χ3v) is 6.42. The molecular weight excluding hydrogens is 568 g/mol. The van der Waals surface area contributed by atoms with Crippen LogP contribution >= 0.6 is 0 Å². The SMILES string of the molecule is CC(C)(C)OC(=O)/N=C(\NC(=O)OC(C)(C)C)N1CCC(ONC(=O)[C@@H]2CCC3CN2C(=O)N3OS(=O)(=O)O)CC1. The van der Waals surface area contributed by atoms with Crippen molar-refractivity contribution in [3.8, 4) is 0 Å². The molecule has 232 valence electrons. The number of carbonyl (C=O) groups is 4.